The molecule has 0 unspecified atom stereocenters. The van der Waals surface area contributed by atoms with Crippen molar-refractivity contribution in [3.05, 3.63) is 71.4 Å². The lowest BCUT2D eigenvalue weighted by atomic mass is 10.2. The van der Waals surface area contributed by atoms with E-state index in [4.69, 9.17) is 21.3 Å². The number of thioether (sulfide) groups is 1. The number of carbonyl (C=O) groups is 1. The van der Waals surface area contributed by atoms with E-state index < -0.39 is 0 Å². The van der Waals surface area contributed by atoms with Gasteiger partial charge in [0.1, 0.15) is 16.7 Å². The van der Waals surface area contributed by atoms with Crippen molar-refractivity contribution in [3.8, 4) is 5.75 Å². The average molecular weight is 555 g/mol. The molecule has 10 heteroatoms. The summed E-state index contributed by atoms with van der Waals surface area (Å²) in [6.45, 7) is 5.32. The second-order valence-electron chi connectivity index (χ2n) is 9.40. The Morgan fingerprint density at radius 1 is 1.00 bits per heavy atom. The number of likely N-dealkylation sites (N-methyl/N-ethyl adjacent to an activating group) is 1. The zero-order chi connectivity index (χ0) is 26.9. The number of anilines is 2. The van der Waals surface area contributed by atoms with Crippen LogP contribution in [0.15, 0.2) is 65.8 Å². The number of piperazine rings is 1. The normalized spacial score (nSPS) is 13.6. The van der Waals surface area contributed by atoms with Gasteiger partial charge >= 0.3 is 0 Å². The molecule has 0 spiro atoms. The van der Waals surface area contributed by atoms with Gasteiger partial charge in [-0.2, -0.15) is 0 Å². The van der Waals surface area contributed by atoms with E-state index in [2.05, 4.69) is 58.0 Å². The Balaban J connectivity index is 1.35. The third-order valence-electron chi connectivity index (χ3n) is 6.41. The Hall–Kier alpha value is -3.01. The number of benzene rings is 2. The number of ether oxygens (including phenoxy) is 1. The lowest BCUT2D eigenvalue weighted by Crippen LogP contribution is -2.49. The summed E-state index contributed by atoms with van der Waals surface area (Å²) < 4.78 is 5.25. The van der Waals surface area contributed by atoms with E-state index in [0.29, 0.717) is 29.9 Å². The Morgan fingerprint density at radius 3 is 2.37 bits per heavy atom. The maximum Gasteiger partial charge on any atom is 0.233 e. The second kappa shape index (κ2) is 13.7. The largest absolute Gasteiger partial charge is 0.497 e. The zero-order valence-electron chi connectivity index (χ0n) is 22.2. The molecule has 0 bridgehead atoms. The molecule has 2 aromatic carbocycles. The first-order valence-electron chi connectivity index (χ1n) is 12.7. The monoisotopic (exact) mass is 554 g/mol. The molecule has 8 nitrogen and oxygen atoms in total. The SMILES string of the molecule is COc1ccc(N2CCN(C(=O)CSc3nc(Cl)cc(N(CCN(C)C)Cc4ccccc4)n3)CC2)cc1. The van der Waals surface area contributed by atoms with Crippen LogP contribution in [0.4, 0.5) is 11.5 Å². The van der Waals surface area contributed by atoms with Gasteiger partial charge in [0.15, 0.2) is 5.16 Å². The van der Waals surface area contributed by atoms with Crippen LogP contribution in [0.3, 0.4) is 0 Å². The summed E-state index contributed by atoms with van der Waals surface area (Å²) in [6.07, 6.45) is 0. The van der Waals surface area contributed by atoms with Crippen molar-refractivity contribution in [1.82, 2.24) is 19.8 Å². The topological polar surface area (TPSA) is 65.0 Å². The summed E-state index contributed by atoms with van der Waals surface area (Å²) in [5.41, 5.74) is 2.33. The van der Waals surface area contributed by atoms with Gasteiger partial charge in [-0.3, -0.25) is 4.79 Å². The van der Waals surface area contributed by atoms with Crippen LogP contribution >= 0.6 is 23.4 Å². The molecule has 2 heterocycles. The van der Waals surface area contributed by atoms with Crippen molar-refractivity contribution in [2.24, 2.45) is 0 Å². The molecule has 1 aliphatic rings. The number of carbonyl (C=O) groups excluding carboxylic acids is 1. The summed E-state index contributed by atoms with van der Waals surface area (Å²) in [5.74, 6) is 1.97. The average Bonchev–Trinajstić information content (AvgIpc) is 2.94. The molecule has 1 amide bonds. The molecule has 1 aliphatic heterocycles. The van der Waals surface area contributed by atoms with Gasteiger partial charge in [-0.1, -0.05) is 53.7 Å². The van der Waals surface area contributed by atoms with Crippen molar-refractivity contribution in [2.75, 3.05) is 76.0 Å². The van der Waals surface area contributed by atoms with Crippen molar-refractivity contribution in [2.45, 2.75) is 11.7 Å². The van der Waals surface area contributed by atoms with Crippen molar-refractivity contribution < 1.29 is 9.53 Å². The summed E-state index contributed by atoms with van der Waals surface area (Å²) in [5, 5.41) is 0.890. The highest BCUT2D eigenvalue weighted by molar-refractivity contribution is 7.99. The number of halogens is 1. The Bertz CT molecular complexity index is 1170. The minimum absolute atomic E-state index is 0.0863. The molecule has 0 atom stereocenters. The Morgan fingerprint density at radius 2 is 1.71 bits per heavy atom. The van der Waals surface area contributed by atoms with Crippen molar-refractivity contribution in [1.29, 1.82) is 0 Å². The van der Waals surface area contributed by atoms with Crippen LogP contribution in [-0.4, -0.2) is 91.9 Å². The molecule has 4 rings (SSSR count). The predicted molar refractivity (Wildman–Crippen MR) is 156 cm³/mol. The lowest BCUT2D eigenvalue weighted by molar-refractivity contribution is -0.128. The molecule has 202 valence electrons. The molecule has 0 N–H and O–H groups in total. The van der Waals surface area contributed by atoms with E-state index in [1.54, 1.807) is 13.2 Å². The van der Waals surface area contributed by atoms with Gasteiger partial charge in [0.25, 0.3) is 0 Å². The molecular formula is C28H35ClN6O2S. The standard InChI is InChI=1S/C28H35ClN6O2S/c1-32(2)13-14-35(20-22-7-5-4-6-8-22)26-19-25(29)30-28(31-26)38-21-27(36)34-17-15-33(16-18-34)23-9-11-24(37-3)12-10-23/h4-12,19H,13-18,20-21H2,1-3H3. The lowest BCUT2D eigenvalue weighted by Gasteiger charge is -2.36. The molecule has 0 aliphatic carbocycles. The Labute approximate surface area is 234 Å². The summed E-state index contributed by atoms with van der Waals surface area (Å²) in [4.78, 5) is 30.7. The first-order valence-corrected chi connectivity index (χ1v) is 14.1. The maximum absolute atomic E-state index is 13.0. The van der Waals surface area contributed by atoms with Gasteiger partial charge in [-0.05, 0) is 43.9 Å². The van der Waals surface area contributed by atoms with E-state index in [1.165, 1.54) is 17.3 Å². The number of nitrogens with zero attached hydrogens (tertiary/aromatic N) is 6. The van der Waals surface area contributed by atoms with Crippen molar-refractivity contribution >= 4 is 40.8 Å². The summed E-state index contributed by atoms with van der Waals surface area (Å²) >= 11 is 7.74. The van der Waals surface area contributed by atoms with E-state index in [1.807, 2.05) is 35.2 Å². The van der Waals surface area contributed by atoms with Gasteiger partial charge < -0.3 is 24.3 Å². The molecule has 1 fully saturated rings. The van der Waals surface area contributed by atoms with E-state index in [0.717, 1.165) is 43.4 Å². The summed E-state index contributed by atoms with van der Waals surface area (Å²) in [6, 6.07) is 20.1. The predicted octanol–water partition coefficient (Wildman–Crippen LogP) is 4.15. The van der Waals surface area contributed by atoms with Gasteiger partial charge in [0, 0.05) is 57.6 Å². The Kier molecular flexibility index (Phi) is 10.1. The van der Waals surface area contributed by atoms with Gasteiger partial charge in [0.2, 0.25) is 5.91 Å². The number of rotatable bonds is 11. The molecule has 1 saturated heterocycles. The van der Waals surface area contributed by atoms with Crippen LogP contribution in [0.1, 0.15) is 5.56 Å². The fraction of sp³-hybridized carbons (Fsp3) is 0.393. The molecule has 38 heavy (non-hydrogen) atoms. The fourth-order valence-corrected chi connectivity index (χ4v) is 5.22. The number of hydrogen-bond acceptors (Lipinski definition) is 8. The summed E-state index contributed by atoms with van der Waals surface area (Å²) in [7, 11) is 5.77. The van der Waals surface area contributed by atoms with Crippen LogP contribution in [-0.2, 0) is 11.3 Å². The number of aromatic nitrogens is 2. The highest BCUT2D eigenvalue weighted by Gasteiger charge is 2.22. The minimum Gasteiger partial charge on any atom is -0.497 e. The van der Waals surface area contributed by atoms with E-state index in [9.17, 15) is 4.79 Å². The highest BCUT2D eigenvalue weighted by Crippen LogP contribution is 2.25. The van der Waals surface area contributed by atoms with Gasteiger partial charge in [0.05, 0.1) is 12.9 Å². The van der Waals surface area contributed by atoms with E-state index >= 15 is 0 Å². The molecular weight excluding hydrogens is 520 g/mol. The van der Waals surface area contributed by atoms with Gasteiger partial charge in [-0.15, -0.1) is 0 Å². The third kappa shape index (κ3) is 7.99. The van der Waals surface area contributed by atoms with Crippen LogP contribution in [0.25, 0.3) is 0 Å². The van der Waals surface area contributed by atoms with Crippen LogP contribution in [0.5, 0.6) is 5.75 Å². The van der Waals surface area contributed by atoms with Crippen molar-refractivity contribution in [3.63, 3.8) is 0 Å². The van der Waals surface area contributed by atoms with Crippen LogP contribution in [0.2, 0.25) is 5.15 Å². The zero-order valence-corrected chi connectivity index (χ0v) is 23.8. The first kappa shape index (κ1) is 28.0. The van der Waals surface area contributed by atoms with Crippen LogP contribution < -0.4 is 14.5 Å². The van der Waals surface area contributed by atoms with Gasteiger partial charge in [-0.25, -0.2) is 9.97 Å². The molecule has 0 saturated carbocycles. The second-order valence-corrected chi connectivity index (χ2v) is 10.7. The molecule has 1 aromatic heterocycles. The highest BCUT2D eigenvalue weighted by atomic mass is 35.5. The minimum atomic E-state index is 0.0863. The fourth-order valence-electron chi connectivity index (χ4n) is 4.24. The third-order valence-corrected chi connectivity index (χ3v) is 7.44. The number of amides is 1. The number of hydrogen-bond donors (Lipinski definition) is 0. The first-order chi connectivity index (χ1) is 18.4. The quantitative estimate of drug-likeness (QED) is 0.199. The molecule has 3 aromatic rings. The molecule has 0 radical (unpaired) electrons. The maximum atomic E-state index is 13.0. The van der Waals surface area contributed by atoms with Crippen LogP contribution in [0, 0.1) is 0 Å². The number of methoxy groups -OCH3 is 1. The van der Waals surface area contributed by atoms with E-state index in [-0.39, 0.29) is 11.7 Å². The smallest absolute Gasteiger partial charge is 0.233 e.